The molecule has 3 heterocycles. The molecule has 10 nitrogen and oxygen atoms in total. The molecule has 0 saturated carbocycles. The molecule has 42 heavy (non-hydrogen) atoms. The van der Waals surface area contributed by atoms with Crippen LogP contribution < -0.4 is 11.2 Å². The number of hydrogen-bond donors (Lipinski definition) is 1. The van der Waals surface area contributed by atoms with Crippen molar-refractivity contribution in [3.05, 3.63) is 98.5 Å². The van der Waals surface area contributed by atoms with Crippen LogP contribution >= 0.6 is 0 Å². The van der Waals surface area contributed by atoms with Crippen molar-refractivity contribution in [2.75, 3.05) is 6.54 Å². The number of H-pyrrole nitrogens is 1. The Kier molecular flexibility index (Phi) is 8.15. The summed E-state index contributed by atoms with van der Waals surface area (Å²) in [6.07, 6.45) is 2.49. The largest absolute Gasteiger partial charge is 0.444 e. The molecule has 1 saturated heterocycles. The minimum Gasteiger partial charge on any atom is -0.444 e. The third-order valence-corrected chi connectivity index (χ3v) is 7.69. The molecule has 4 aromatic rings. The molecule has 2 aromatic carbocycles. The van der Waals surface area contributed by atoms with Gasteiger partial charge in [-0.15, -0.1) is 0 Å². The molecule has 1 aliphatic heterocycles. The predicted octanol–water partition coefficient (Wildman–Crippen LogP) is 4.25. The summed E-state index contributed by atoms with van der Waals surface area (Å²) in [5, 5.41) is 0. The summed E-state index contributed by atoms with van der Waals surface area (Å²) < 4.78 is 8.81. The molecule has 1 fully saturated rings. The van der Waals surface area contributed by atoms with Gasteiger partial charge < -0.3 is 9.30 Å². The number of nitrogens with one attached hydrogen (secondary N) is 1. The number of benzene rings is 2. The molecule has 0 aliphatic carbocycles. The van der Waals surface area contributed by atoms with E-state index in [0.29, 0.717) is 43.5 Å². The molecular weight excluding hydrogens is 534 g/mol. The van der Waals surface area contributed by atoms with Crippen LogP contribution in [0.15, 0.2) is 70.5 Å². The van der Waals surface area contributed by atoms with E-state index in [2.05, 4.69) is 9.97 Å². The van der Waals surface area contributed by atoms with E-state index in [4.69, 9.17) is 4.74 Å². The zero-order valence-electron chi connectivity index (χ0n) is 24.5. The van der Waals surface area contributed by atoms with Crippen LogP contribution in [0, 0.1) is 0 Å². The Morgan fingerprint density at radius 2 is 1.71 bits per heavy atom. The molecular formula is C32H37N5O5. The highest BCUT2D eigenvalue weighted by atomic mass is 16.6. The van der Waals surface area contributed by atoms with Gasteiger partial charge in [-0.05, 0) is 57.2 Å². The standard InChI is InChI=1S/C32H37N5O5/c1-5-35-20-33-28-27(35)29(39)34-30(40)37(28)18-22-13-11-21(12-14-22)15-16-26(38)25-17-24(23-9-7-6-8-10-23)19-36(25)31(41)42-32(2,3)4/h6-14,20,24-25H,5,15-19H2,1-4H3,(H,34,39,40)/t24-,25+/m1/s1. The van der Waals surface area contributed by atoms with Crippen molar-refractivity contribution in [1.82, 2.24) is 24.0 Å². The third-order valence-electron chi connectivity index (χ3n) is 7.69. The number of likely N-dealkylation sites (tertiary alicyclic amines) is 1. The number of amides is 1. The van der Waals surface area contributed by atoms with Gasteiger partial charge in [0.15, 0.2) is 16.9 Å². The number of rotatable bonds is 8. The first-order valence-corrected chi connectivity index (χ1v) is 14.4. The Morgan fingerprint density at radius 1 is 1.02 bits per heavy atom. The normalized spacial score (nSPS) is 17.1. The van der Waals surface area contributed by atoms with Gasteiger partial charge in [0.25, 0.3) is 5.56 Å². The number of hydrogen-bond acceptors (Lipinski definition) is 6. The number of imidazole rings is 1. The Bertz CT molecular complexity index is 1700. The molecule has 0 spiro atoms. The Hall–Kier alpha value is -4.47. The van der Waals surface area contributed by atoms with Crippen molar-refractivity contribution >= 4 is 23.0 Å². The second-order valence-corrected chi connectivity index (χ2v) is 11.8. The fourth-order valence-corrected chi connectivity index (χ4v) is 5.57. The van der Waals surface area contributed by atoms with Crippen molar-refractivity contribution in [2.45, 2.75) is 77.6 Å². The fourth-order valence-electron chi connectivity index (χ4n) is 5.57. The summed E-state index contributed by atoms with van der Waals surface area (Å²) >= 11 is 0. The van der Waals surface area contributed by atoms with Crippen molar-refractivity contribution in [1.29, 1.82) is 0 Å². The lowest BCUT2D eigenvalue weighted by atomic mass is 9.94. The van der Waals surface area contributed by atoms with Crippen LogP contribution in [0.2, 0.25) is 0 Å². The van der Waals surface area contributed by atoms with E-state index >= 15 is 0 Å². The lowest BCUT2D eigenvalue weighted by molar-refractivity contribution is -0.123. The van der Waals surface area contributed by atoms with Crippen LogP contribution in [-0.2, 0) is 29.0 Å². The van der Waals surface area contributed by atoms with Crippen molar-refractivity contribution in [3.63, 3.8) is 0 Å². The van der Waals surface area contributed by atoms with E-state index in [1.165, 1.54) is 4.57 Å². The number of Topliss-reactive ketones (excluding diaryl/α,β-unsaturated/α-hetero) is 1. The lowest BCUT2D eigenvalue weighted by Crippen LogP contribution is -2.43. The highest BCUT2D eigenvalue weighted by Crippen LogP contribution is 2.34. The number of aromatic nitrogens is 4. The van der Waals surface area contributed by atoms with E-state index in [1.54, 1.807) is 15.8 Å². The van der Waals surface area contributed by atoms with Gasteiger partial charge in [0.1, 0.15) is 5.60 Å². The molecule has 1 aliphatic rings. The molecule has 0 radical (unpaired) electrons. The van der Waals surface area contributed by atoms with Gasteiger partial charge >= 0.3 is 11.8 Å². The Morgan fingerprint density at radius 3 is 2.38 bits per heavy atom. The first kappa shape index (κ1) is 29.0. The van der Waals surface area contributed by atoms with Crippen LogP contribution in [0.5, 0.6) is 0 Å². The molecule has 1 N–H and O–H groups in total. The summed E-state index contributed by atoms with van der Waals surface area (Å²) in [4.78, 5) is 59.7. The first-order chi connectivity index (χ1) is 20.0. The van der Waals surface area contributed by atoms with E-state index in [0.717, 1.165) is 16.7 Å². The van der Waals surface area contributed by atoms with Crippen LogP contribution in [0.1, 0.15) is 63.1 Å². The molecule has 2 aromatic heterocycles. The second kappa shape index (κ2) is 11.8. The van der Waals surface area contributed by atoms with Crippen molar-refractivity contribution in [2.24, 2.45) is 0 Å². The van der Waals surface area contributed by atoms with Gasteiger partial charge in [-0.25, -0.2) is 14.6 Å². The van der Waals surface area contributed by atoms with E-state index in [9.17, 15) is 19.2 Å². The van der Waals surface area contributed by atoms with E-state index in [-0.39, 0.29) is 18.2 Å². The second-order valence-electron chi connectivity index (χ2n) is 11.8. The van der Waals surface area contributed by atoms with Crippen LogP contribution in [-0.4, -0.2) is 54.1 Å². The number of ether oxygens (including phenoxy) is 1. The number of nitrogens with zero attached hydrogens (tertiary/aromatic N) is 4. The van der Waals surface area contributed by atoms with Crippen molar-refractivity contribution in [3.8, 4) is 0 Å². The van der Waals surface area contributed by atoms with Crippen LogP contribution in [0.25, 0.3) is 11.2 Å². The summed E-state index contributed by atoms with van der Waals surface area (Å²) in [7, 11) is 0. The summed E-state index contributed by atoms with van der Waals surface area (Å²) in [5.41, 5.74) is 2.05. The number of ketones is 1. The molecule has 5 rings (SSSR count). The first-order valence-electron chi connectivity index (χ1n) is 14.4. The number of aryl methyl sites for hydroxylation is 2. The SMILES string of the molecule is CCn1cnc2c1c(=O)[nH]c(=O)n2Cc1ccc(CCC(=O)[C@@H]2C[C@@H](c3ccccc3)CN2C(=O)OC(C)(C)C)cc1. The van der Waals surface area contributed by atoms with Crippen molar-refractivity contribution < 1.29 is 14.3 Å². The van der Waals surface area contributed by atoms with Crippen LogP contribution in [0.4, 0.5) is 4.79 Å². The Balaban J connectivity index is 1.27. The van der Waals surface area contributed by atoms with Gasteiger partial charge in [0, 0.05) is 25.4 Å². The lowest BCUT2D eigenvalue weighted by Gasteiger charge is -2.28. The molecule has 220 valence electrons. The highest BCUT2D eigenvalue weighted by molar-refractivity contribution is 5.88. The minimum atomic E-state index is -0.654. The fraction of sp³-hybridized carbons (Fsp3) is 0.406. The number of carbonyl (C=O) groups is 2. The third kappa shape index (κ3) is 6.22. The monoisotopic (exact) mass is 571 g/mol. The van der Waals surface area contributed by atoms with Crippen LogP contribution in [0.3, 0.4) is 0 Å². The topological polar surface area (TPSA) is 119 Å². The number of carbonyl (C=O) groups excluding carboxylic acids is 2. The predicted molar refractivity (Wildman–Crippen MR) is 160 cm³/mol. The molecule has 1 amide bonds. The Labute approximate surface area is 244 Å². The summed E-state index contributed by atoms with van der Waals surface area (Å²) in [5.74, 6) is 0.0792. The van der Waals surface area contributed by atoms with Gasteiger partial charge in [-0.1, -0.05) is 54.6 Å². The van der Waals surface area contributed by atoms with Gasteiger partial charge in [-0.2, -0.15) is 0 Å². The zero-order valence-corrected chi connectivity index (χ0v) is 24.5. The molecule has 2 atom stereocenters. The smallest absolute Gasteiger partial charge is 0.410 e. The van der Waals surface area contributed by atoms with Gasteiger partial charge in [0.05, 0.1) is 18.9 Å². The van der Waals surface area contributed by atoms with Gasteiger partial charge in [0.2, 0.25) is 0 Å². The van der Waals surface area contributed by atoms with E-state index < -0.39 is 29.0 Å². The number of aromatic amines is 1. The minimum absolute atomic E-state index is 0.0112. The highest BCUT2D eigenvalue weighted by Gasteiger charge is 2.41. The maximum atomic E-state index is 13.5. The molecule has 10 heteroatoms. The average molecular weight is 572 g/mol. The summed E-state index contributed by atoms with van der Waals surface area (Å²) in [6.45, 7) is 8.63. The average Bonchev–Trinajstić information content (AvgIpc) is 3.60. The quantitative estimate of drug-likeness (QED) is 0.338. The van der Waals surface area contributed by atoms with Gasteiger partial charge in [-0.3, -0.25) is 24.0 Å². The maximum Gasteiger partial charge on any atom is 0.410 e. The number of fused-ring (bicyclic) bond motifs is 1. The molecule has 0 bridgehead atoms. The van der Waals surface area contributed by atoms with E-state index in [1.807, 2.05) is 82.3 Å². The summed E-state index contributed by atoms with van der Waals surface area (Å²) in [6, 6.07) is 17.1. The maximum absolute atomic E-state index is 13.5. The zero-order chi connectivity index (χ0) is 30.0. The molecule has 0 unspecified atom stereocenters.